The first-order valence-corrected chi connectivity index (χ1v) is 16.0. The second-order valence-electron chi connectivity index (χ2n) is 9.15. The van der Waals surface area contributed by atoms with Crippen LogP contribution in [-0.4, -0.2) is 8.07 Å². The van der Waals surface area contributed by atoms with Crippen LogP contribution in [0.25, 0.3) is 9.69 Å². The summed E-state index contributed by atoms with van der Waals surface area (Å²) in [5.41, 5.74) is 1.15. The Kier molecular flexibility index (Phi) is 9.76. The number of halogens is 4. The average Bonchev–Trinajstić information content (AvgIpc) is 3.04. The number of nitrogens with zero attached hydrogens (tertiary/aromatic N) is 4. The van der Waals surface area contributed by atoms with Crippen molar-refractivity contribution in [1.29, 1.82) is 10.5 Å². The van der Waals surface area contributed by atoms with E-state index < -0.39 is 29.8 Å². The maximum Gasteiger partial charge on any atom is 0.322 e. The molecule has 0 saturated carbocycles. The molecular formula is C32H20Cl4N4Si. The minimum atomic E-state index is -3.06. The van der Waals surface area contributed by atoms with E-state index in [1.165, 1.54) is 0 Å². The van der Waals surface area contributed by atoms with Crippen LogP contribution in [0.2, 0.25) is 0 Å². The Balaban J connectivity index is 2.06. The lowest BCUT2D eigenvalue weighted by atomic mass is 10.2. The molecule has 0 bridgehead atoms. The Hall–Kier alpha value is -3.78. The molecule has 4 aromatic carbocycles. The van der Waals surface area contributed by atoms with Crippen LogP contribution in [0.1, 0.15) is 44.0 Å². The van der Waals surface area contributed by atoms with Gasteiger partial charge in [-0.1, -0.05) is 72.8 Å². The second-order valence-corrected chi connectivity index (χ2v) is 14.7. The van der Waals surface area contributed by atoms with E-state index in [9.17, 15) is 10.5 Å². The molecule has 0 radical (unpaired) electrons. The third kappa shape index (κ3) is 5.98. The minimum Gasteiger partial charge on any atom is -0.291 e. The Labute approximate surface area is 260 Å². The topological polar surface area (TPSA) is 56.3 Å². The fourth-order valence-electron chi connectivity index (χ4n) is 4.89. The van der Waals surface area contributed by atoms with E-state index in [0.29, 0.717) is 22.3 Å². The van der Waals surface area contributed by atoms with Crippen LogP contribution in [0.4, 0.5) is 0 Å². The predicted octanol–water partition coefficient (Wildman–Crippen LogP) is 6.98. The van der Waals surface area contributed by atoms with Gasteiger partial charge in [-0.15, -0.1) is 23.2 Å². The molecule has 4 rings (SSSR count). The molecule has 0 amide bonds. The highest BCUT2D eigenvalue weighted by molar-refractivity contribution is 7.19. The number of hydrogen-bond donors (Lipinski definition) is 0. The molecule has 41 heavy (non-hydrogen) atoms. The molecule has 4 atom stereocenters. The van der Waals surface area contributed by atoms with Gasteiger partial charge in [-0.05, 0) is 79.3 Å². The number of alkyl halides is 4. The second kappa shape index (κ2) is 13.3. The molecule has 0 saturated heterocycles. The zero-order valence-corrected chi connectivity index (χ0v) is 25.4. The third-order valence-electron chi connectivity index (χ3n) is 6.96. The SMILES string of the molecule is [C-]#[N+]C(Cl)c1ccc([Si](c2ccc(C(Cl)C#N)cc2)(c2ccc(C(Cl)C#N)cc2)c2ccc(C(Cl)[N+]#[C-])cc2)cc1. The van der Waals surface area contributed by atoms with Gasteiger partial charge in [0.15, 0.2) is 8.07 Å². The van der Waals surface area contributed by atoms with Crippen molar-refractivity contribution in [3.8, 4) is 12.1 Å². The zero-order valence-electron chi connectivity index (χ0n) is 21.3. The van der Waals surface area contributed by atoms with Gasteiger partial charge in [0.1, 0.15) is 10.8 Å². The first-order chi connectivity index (χ1) is 19.8. The van der Waals surface area contributed by atoms with Crippen LogP contribution in [-0.2, 0) is 0 Å². The summed E-state index contributed by atoms with van der Waals surface area (Å²) in [4.78, 5) is 6.88. The maximum absolute atomic E-state index is 9.35. The number of nitriles is 2. The van der Waals surface area contributed by atoms with Crippen LogP contribution in [0.5, 0.6) is 0 Å². The van der Waals surface area contributed by atoms with E-state index in [1.54, 1.807) is 0 Å². The van der Waals surface area contributed by atoms with Crippen molar-refractivity contribution in [3.63, 3.8) is 0 Å². The van der Waals surface area contributed by atoms with E-state index in [-0.39, 0.29) is 0 Å². The molecule has 0 aromatic heterocycles. The van der Waals surface area contributed by atoms with E-state index in [0.717, 1.165) is 20.7 Å². The molecular weight excluding hydrogens is 610 g/mol. The minimum absolute atomic E-state index is 0.685. The lowest BCUT2D eigenvalue weighted by Crippen LogP contribution is -2.74. The first kappa shape index (κ1) is 30.2. The fourth-order valence-corrected chi connectivity index (χ4v) is 10.1. The number of benzene rings is 4. The van der Waals surface area contributed by atoms with Crippen molar-refractivity contribution < 1.29 is 0 Å². The summed E-state index contributed by atoms with van der Waals surface area (Å²) in [5, 5.41) is 21.2. The first-order valence-electron chi connectivity index (χ1n) is 12.3. The lowest BCUT2D eigenvalue weighted by Gasteiger charge is -2.35. The van der Waals surface area contributed by atoms with Gasteiger partial charge in [0.05, 0.1) is 23.3 Å². The standard InChI is InChI=1S/C32H20Cl4N4Si/c1-39-31(35)23-7-15-27(16-8-23)41(25-11-3-21(4-12-25)29(33)19-37,26-13-5-22(6-14-26)30(34)20-38)28-17-9-24(10-18-28)32(36)40-2/h3-18,29-32H. The molecule has 4 nitrogen and oxygen atoms in total. The molecule has 0 fully saturated rings. The van der Waals surface area contributed by atoms with Gasteiger partial charge in [-0.25, -0.2) is 13.1 Å². The van der Waals surface area contributed by atoms with Crippen molar-refractivity contribution in [3.05, 3.63) is 142 Å². The summed E-state index contributed by atoms with van der Waals surface area (Å²) in [5.74, 6) is 0. The average molecular weight is 630 g/mol. The van der Waals surface area contributed by atoms with E-state index in [1.807, 2.05) is 97.1 Å². The van der Waals surface area contributed by atoms with E-state index in [2.05, 4.69) is 21.8 Å². The number of rotatable bonds is 8. The molecule has 0 spiro atoms. The van der Waals surface area contributed by atoms with Gasteiger partial charge in [0.2, 0.25) is 0 Å². The van der Waals surface area contributed by atoms with Gasteiger partial charge < -0.3 is 0 Å². The van der Waals surface area contributed by atoms with Gasteiger partial charge >= 0.3 is 11.0 Å². The van der Waals surface area contributed by atoms with Crippen molar-refractivity contribution in [2.45, 2.75) is 21.8 Å². The molecule has 0 N–H and O–H groups in total. The molecule has 0 aliphatic heterocycles. The van der Waals surface area contributed by atoms with Crippen molar-refractivity contribution in [1.82, 2.24) is 0 Å². The Morgan fingerprint density at radius 2 is 0.732 bits per heavy atom. The van der Waals surface area contributed by atoms with Crippen LogP contribution in [0, 0.1) is 35.8 Å². The Morgan fingerprint density at radius 1 is 0.488 bits per heavy atom. The molecule has 0 heterocycles. The summed E-state index contributed by atoms with van der Waals surface area (Å²) >= 11 is 24.9. The van der Waals surface area contributed by atoms with Gasteiger partial charge in [-0.2, -0.15) is 10.5 Å². The highest BCUT2D eigenvalue weighted by Crippen LogP contribution is 2.25. The highest BCUT2D eigenvalue weighted by Gasteiger charge is 2.42. The smallest absolute Gasteiger partial charge is 0.291 e. The van der Waals surface area contributed by atoms with Crippen molar-refractivity contribution in [2.24, 2.45) is 0 Å². The van der Waals surface area contributed by atoms with Crippen LogP contribution in [0.3, 0.4) is 0 Å². The third-order valence-corrected chi connectivity index (χ3v) is 13.2. The van der Waals surface area contributed by atoms with Crippen LogP contribution >= 0.6 is 46.4 Å². The molecule has 4 unspecified atom stereocenters. The van der Waals surface area contributed by atoms with Crippen molar-refractivity contribution >= 4 is 75.2 Å². The summed E-state index contributed by atoms with van der Waals surface area (Å²) in [6.07, 6.45) is 0. The largest absolute Gasteiger partial charge is 0.322 e. The predicted molar refractivity (Wildman–Crippen MR) is 169 cm³/mol. The van der Waals surface area contributed by atoms with Crippen LogP contribution in [0.15, 0.2) is 97.1 Å². The molecule has 200 valence electrons. The quantitative estimate of drug-likeness (QED) is 0.0694. The van der Waals surface area contributed by atoms with Gasteiger partial charge in [-0.3, -0.25) is 9.69 Å². The van der Waals surface area contributed by atoms with E-state index in [4.69, 9.17) is 59.5 Å². The fraction of sp³-hybridized carbons (Fsp3) is 0.125. The number of hydrogen-bond acceptors (Lipinski definition) is 2. The Bertz CT molecular complexity index is 1420. The normalized spacial score (nSPS) is 15.0. The Morgan fingerprint density at radius 3 is 0.951 bits per heavy atom. The maximum atomic E-state index is 9.35. The lowest BCUT2D eigenvalue weighted by molar-refractivity contribution is 1.21. The monoisotopic (exact) mass is 628 g/mol. The summed E-state index contributed by atoms with van der Waals surface area (Å²) in [7, 11) is -3.06. The summed E-state index contributed by atoms with van der Waals surface area (Å²) in [6.45, 7) is 14.7. The molecule has 9 heteroatoms. The van der Waals surface area contributed by atoms with Gasteiger partial charge in [0, 0.05) is 0 Å². The summed E-state index contributed by atoms with van der Waals surface area (Å²) in [6, 6.07) is 35.0. The van der Waals surface area contributed by atoms with E-state index >= 15 is 0 Å². The van der Waals surface area contributed by atoms with Gasteiger partial charge in [0.25, 0.3) is 0 Å². The van der Waals surface area contributed by atoms with Crippen molar-refractivity contribution in [2.75, 3.05) is 0 Å². The zero-order chi connectivity index (χ0) is 29.6. The molecule has 0 aliphatic carbocycles. The molecule has 0 aliphatic rings. The van der Waals surface area contributed by atoms with Crippen LogP contribution < -0.4 is 20.7 Å². The highest BCUT2D eigenvalue weighted by atomic mass is 35.5. The molecule has 4 aromatic rings. The summed E-state index contributed by atoms with van der Waals surface area (Å²) < 4.78 is 0.